The molecule has 0 spiro atoms. The van der Waals surface area contributed by atoms with Gasteiger partial charge >= 0.3 is 0 Å². The van der Waals surface area contributed by atoms with Crippen molar-refractivity contribution < 1.29 is 8.42 Å². The summed E-state index contributed by atoms with van der Waals surface area (Å²) >= 11 is 0. The van der Waals surface area contributed by atoms with Gasteiger partial charge in [0.25, 0.3) is 0 Å². The quantitative estimate of drug-likeness (QED) is 0.821. The number of unbranched alkanes of at least 4 members (excludes halogenated alkanes) is 1. The van der Waals surface area contributed by atoms with Crippen LogP contribution in [0.5, 0.6) is 0 Å². The van der Waals surface area contributed by atoms with Gasteiger partial charge in [-0.2, -0.15) is 0 Å². The van der Waals surface area contributed by atoms with Crippen molar-refractivity contribution in [1.29, 1.82) is 0 Å². The molecule has 0 atom stereocenters. The minimum absolute atomic E-state index is 0.542. The van der Waals surface area contributed by atoms with E-state index in [4.69, 9.17) is 0 Å². The van der Waals surface area contributed by atoms with Crippen molar-refractivity contribution in [1.82, 2.24) is 0 Å². The lowest BCUT2D eigenvalue weighted by atomic mass is 10.3. The van der Waals surface area contributed by atoms with Crippen LogP contribution >= 0.6 is 0 Å². The molecule has 3 nitrogen and oxygen atoms in total. The number of hydrogen-bond donors (Lipinski definition) is 0. The van der Waals surface area contributed by atoms with Crippen LogP contribution in [0.15, 0.2) is 30.3 Å². The van der Waals surface area contributed by atoms with E-state index in [1.165, 1.54) is 4.31 Å². The molecule has 0 aliphatic heterocycles. The summed E-state index contributed by atoms with van der Waals surface area (Å²) in [5.41, 5.74) is 0.751. The summed E-state index contributed by atoms with van der Waals surface area (Å²) in [6.07, 6.45) is 1.84. The predicted molar refractivity (Wildman–Crippen MR) is 77.4 cm³/mol. The van der Waals surface area contributed by atoms with Gasteiger partial charge in [-0.15, -0.1) is 0 Å². The van der Waals surface area contributed by atoms with E-state index in [0.717, 1.165) is 18.5 Å². The summed E-state index contributed by atoms with van der Waals surface area (Å²) in [6.45, 7) is 7.83. The third-order valence-corrected chi connectivity index (χ3v) is 5.34. The molecule has 1 aromatic carbocycles. The molecule has 1 rings (SSSR count). The SMILES string of the molecule is CCCCN(c1ccccc1)S(=O)(=O)C(C)(C)C. The van der Waals surface area contributed by atoms with Gasteiger partial charge in [-0.1, -0.05) is 31.5 Å². The van der Waals surface area contributed by atoms with Crippen molar-refractivity contribution in [2.45, 2.75) is 45.3 Å². The van der Waals surface area contributed by atoms with Crippen LogP contribution in [0, 0.1) is 0 Å². The Morgan fingerprint density at radius 2 is 1.67 bits per heavy atom. The number of anilines is 1. The maximum absolute atomic E-state index is 12.6. The predicted octanol–water partition coefficient (Wildman–Crippen LogP) is 3.42. The highest BCUT2D eigenvalue weighted by molar-refractivity contribution is 7.94. The fraction of sp³-hybridized carbons (Fsp3) is 0.571. The van der Waals surface area contributed by atoms with E-state index in [9.17, 15) is 8.42 Å². The zero-order chi connectivity index (χ0) is 13.8. The fourth-order valence-corrected chi connectivity index (χ4v) is 3.04. The topological polar surface area (TPSA) is 37.4 Å². The van der Waals surface area contributed by atoms with Gasteiger partial charge in [-0.3, -0.25) is 4.31 Å². The molecule has 0 heterocycles. The van der Waals surface area contributed by atoms with Crippen LogP contribution in [0.3, 0.4) is 0 Å². The first-order chi connectivity index (χ1) is 8.30. The third kappa shape index (κ3) is 3.25. The van der Waals surface area contributed by atoms with Gasteiger partial charge in [0.05, 0.1) is 10.4 Å². The normalized spacial score (nSPS) is 12.4. The molecular formula is C14H23NO2S. The van der Waals surface area contributed by atoms with Gasteiger partial charge in [0.1, 0.15) is 0 Å². The molecule has 102 valence electrons. The molecule has 0 unspecified atom stereocenters. The molecule has 0 saturated heterocycles. The van der Waals surface area contributed by atoms with Crippen molar-refractivity contribution in [3.63, 3.8) is 0 Å². The van der Waals surface area contributed by atoms with E-state index in [-0.39, 0.29) is 0 Å². The highest BCUT2D eigenvalue weighted by Gasteiger charge is 2.35. The third-order valence-electron chi connectivity index (χ3n) is 2.82. The van der Waals surface area contributed by atoms with Crippen molar-refractivity contribution >= 4 is 15.7 Å². The van der Waals surface area contributed by atoms with Crippen LogP contribution in [-0.2, 0) is 10.0 Å². The summed E-state index contributed by atoms with van der Waals surface area (Å²) in [7, 11) is -3.33. The summed E-state index contributed by atoms with van der Waals surface area (Å²) in [6, 6.07) is 9.32. The Hall–Kier alpha value is -1.03. The number of para-hydroxylation sites is 1. The first kappa shape index (κ1) is 15.0. The maximum Gasteiger partial charge on any atom is 0.240 e. The standard InChI is InChI=1S/C14H23NO2S/c1-5-6-12-15(13-10-8-7-9-11-13)18(16,17)14(2,3)4/h7-11H,5-6,12H2,1-4H3. The average Bonchev–Trinajstić information content (AvgIpc) is 2.29. The Bertz CT molecular complexity index is 460. The minimum Gasteiger partial charge on any atom is -0.270 e. The van der Waals surface area contributed by atoms with Gasteiger partial charge in [-0.25, -0.2) is 8.42 Å². The number of nitrogens with zero attached hydrogens (tertiary/aromatic N) is 1. The molecule has 18 heavy (non-hydrogen) atoms. The van der Waals surface area contributed by atoms with Crippen molar-refractivity contribution in [3.05, 3.63) is 30.3 Å². The molecule has 1 aromatic rings. The smallest absolute Gasteiger partial charge is 0.240 e. The number of hydrogen-bond acceptors (Lipinski definition) is 2. The Kier molecular flexibility index (Phi) is 4.79. The average molecular weight is 269 g/mol. The largest absolute Gasteiger partial charge is 0.270 e. The zero-order valence-electron chi connectivity index (χ0n) is 11.7. The van der Waals surface area contributed by atoms with E-state index in [1.807, 2.05) is 30.3 Å². The Morgan fingerprint density at radius 1 is 1.11 bits per heavy atom. The molecule has 0 aliphatic carbocycles. The van der Waals surface area contributed by atoms with Gasteiger partial charge in [0, 0.05) is 6.54 Å². The molecule has 0 aliphatic rings. The molecule has 0 bridgehead atoms. The van der Waals surface area contributed by atoms with Gasteiger partial charge < -0.3 is 0 Å². The second-order valence-corrected chi connectivity index (χ2v) is 7.99. The van der Waals surface area contributed by atoms with Crippen molar-refractivity contribution in [3.8, 4) is 0 Å². The zero-order valence-corrected chi connectivity index (χ0v) is 12.5. The van der Waals surface area contributed by atoms with Crippen LogP contribution in [0.25, 0.3) is 0 Å². The van der Waals surface area contributed by atoms with Gasteiger partial charge in [0.2, 0.25) is 10.0 Å². The molecule has 0 amide bonds. The monoisotopic (exact) mass is 269 g/mol. The molecule has 0 aromatic heterocycles. The lowest BCUT2D eigenvalue weighted by Crippen LogP contribution is -2.43. The van der Waals surface area contributed by atoms with E-state index >= 15 is 0 Å². The summed E-state index contributed by atoms with van der Waals surface area (Å²) in [5, 5.41) is 0. The summed E-state index contributed by atoms with van der Waals surface area (Å²) < 4.78 is 25.9. The Morgan fingerprint density at radius 3 is 2.11 bits per heavy atom. The van der Waals surface area contributed by atoms with Crippen LogP contribution in [0.4, 0.5) is 5.69 Å². The van der Waals surface area contributed by atoms with Crippen LogP contribution in [0.1, 0.15) is 40.5 Å². The highest BCUT2D eigenvalue weighted by Crippen LogP contribution is 2.26. The second kappa shape index (κ2) is 5.74. The van der Waals surface area contributed by atoms with E-state index in [1.54, 1.807) is 20.8 Å². The highest BCUT2D eigenvalue weighted by atomic mass is 32.2. The van der Waals surface area contributed by atoms with Gasteiger partial charge in [-0.05, 0) is 39.3 Å². The van der Waals surface area contributed by atoms with Crippen LogP contribution in [-0.4, -0.2) is 19.7 Å². The molecule has 0 radical (unpaired) electrons. The van der Waals surface area contributed by atoms with E-state index in [2.05, 4.69) is 6.92 Å². The lowest BCUT2D eigenvalue weighted by Gasteiger charge is -2.31. The summed E-state index contributed by atoms with van der Waals surface area (Å²) in [5.74, 6) is 0. The Balaban J connectivity index is 3.15. The van der Waals surface area contributed by atoms with E-state index in [0.29, 0.717) is 6.54 Å². The van der Waals surface area contributed by atoms with Crippen molar-refractivity contribution in [2.75, 3.05) is 10.8 Å². The van der Waals surface area contributed by atoms with Crippen LogP contribution in [0.2, 0.25) is 0 Å². The molecule has 0 fully saturated rings. The molecular weight excluding hydrogens is 246 g/mol. The molecule has 0 saturated carbocycles. The Labute approximate surface area is 111 Å². The van der Waals surface area contributed by atoms with Crippen LogP contribution < -0.4 is 4.31 Å². The minimum atomic E-state index is -3.33. The maximum atomic E-state index is 12.6. The number of benzene rings is 1. The second-order valence-electron chi connectivity index (χ2n) is 5.38. The first-order valence-corrected chi connectivity index (χ1v) is 7.82. The molecule has 0 N–H and O–H groups in total. The number of sulfonamides is 1. The van der Waals surface area contributed by atoms with Crippen molar-refractivity contribution in [2.24, 2.45) is 0 Å². The lowest BCUT2D eigenvalue weighted by molar-refractivity contribution is 0.553. The molecule has 4 heteroatoms. The number of rotatable bonds is 5. The summed E-state index contributed by atoms with van der Waals surface area (Å²) in [4.78, 5) is 0. The first-order valence-electron chi connectivity index (χ1n) is 6.38. The van der Waals surface area contributed by atoms with Gasteiger partial charge in [0.15, 0.2) is 0 Å². The fourth-order valence-electron chi connectivity index (χ4n) is 1.61. The van der Waals surface area contributed by atoms with E-state index < -0.39 is 14.8 Å².